The number of likely N-dealkylation sites (tertiary alicyclic amines) is 1. The van der Waals surface area contributed by atoms with Gasteiger partial charge in [0.1, 0.15) is 5.84 Å². The van der Waals surface area contributed by atoms with Crippen molar-refractivity contribution in [1.29, 1.82) is 0 Å². The van der Waals surface area contributed by atoms with Crippen molar-refractivity contribution in [3.8, 4) is 0 Å². The number of rotatable bonds is 4. The molecule has 3 N–H and O–H groups in total. The fourth-order valence-corrected chi connectivity index (χ4v) is 2.13. The molecule has 0 radical (unpaired) electrons. The van der Waals surface area contributed by atoms with Crippen LogP contribution >= 0.6 is 0 Å². The number of hydrogen-bond donors (Lipinski definition) is 2. The predicted molar refractivity (Wildman–Crippen MR) is 72.9 cm³/mol. The minimum absolute atomic E-state index is 0.0712. The molecular formula is C13H27N3O2. The van der Waals surface area contributed by atoms with Crippen LogP contribution < -0.4 is 5.73 Å². The van der Waals surface area contributed by atoms with Crippen molar-refractivity contribution >= 4 is 5.84 Å². The molecule has 0 amide bonds. The Morgan fingerprint density at radius 2 is 1.94 bits per heavy atom. The number of ether oxygens (including phenoxy) is 1. The van der Waals surface area contributed by atoms with Gasteiger partial charge in [0.25, 0.3) is 0 Å². The van der Waals surface area contributed by atoms with Crippen LogP contribution in [-0.4, -0.2) is 47.8 Å². The smallest absolute Gasteiger partial charge is 0.145 e. The lowest BCUT2D eigenvalue weighted by Gasteiger charge is -2.38. The monoisotopic (exact) mass is 257 g/mol. The largest absolute Gasteiger partial charge is 0.409 e. The SMILES string of the molecule is CC(C)(C)OCCN1CCC(C)(C(N)=NO)CC1. The second kappa shape index (κ2) is 5.89. The number of amidine groups is 1. The van der Waals surface area contributed by atoms with Gasteiger partial charge in [-0.05, 0) is 46.7 Å². The molecule has 0 spiro atoms. The lowest BCUT2D eigenvalue weighted by atomic mass is 9.79. The van der Waals surface area contributed by atoms with Crippen LogP contribution in [-0.2, 0) is 4.74 Å². The average Bonchev–Trinajstić information content (AvgIpc) is 2.29. The van der Waals surface area contributed by atoms with Gasteiger partial charge in [-0.25, -0.2) is 0 Å². The zero-order valence-corrected chi connectivity index (χ0v) is 12.1. The van der Waals surface area contributed by atoms with Crippen molar-refractivity contribution in [2.24, 2.45) is 16.3 Å². The van der Waals surface area contributed by atoms with E-state index in [4.69, 9.17) is 15.7 Å². The standard InChI is InChI=1S/C13H27N3O2/c1-12(2,3)18-10-9-16-7-5-13(4,6-8-16)11(14)15-17/h17H,5-10H2,1-4H3,(H2,14,15). The molecule has 5 nitrogen and oxygen atoms in total. The summed E-state index contributed by atoms with van der Waals surface area (Å²) in [7, 11) is 0. The Hall–Kier alpha value is -0.810. The zero-order chi connectivity index (χ0) is 13.8. The van der Waals surface area contributed by atoms with Crippen molar-refractivity contribution in [2.75, 3.05) is 26.2 Å². The molecule has 18 heavy (non-hydrogen) atoms. The maximum atomic E-state index is 8.78. The highest BCUT2D eigenvalue weighted by Gasteiger charge is 2.34. The van der Waals surface area contributed by atoms with Crippen LogP contribution in [0.3, 0.4) is 0 Å². The lowest BCUT2D eigenvalue weighted by Crippen LogP contribution is -2.46. The minimum atomic E-state index is -0.157. The number of oxime groups is 1. The first kappa shape index (κ1) is 15.2. The summed E-state index contributed by atoms with van der Waals surface area (Å²) >= 11 is 0. The fourth-order valence-electron chi connectivity index (χ4n) is 2.13. The van der Waals surface area contributed by atoms with Gasteiger partial charge in [-0.3, -0.25) is 0 Å². The molecule has 0 bridgehead atoms. The van der Waals surface area contributed by atoms with E-state index in [1.807, 2.05) is 0 Å². The highest BCUT2D eigenvalue weighted by atomic mass is 16.5. The van der Waals surface area contributed by atoms with Gasteiger partial charge in [-0.2, -0.15) is 0 Å². The van der Waals surface area contributed by atoms with Gasteiger partial charge in [0.05, 0.1) is 12.2 Å². The van der Waals surface area contributed by atoms with Crippen LogP contribution in [0.2, 0.25) is 0 Å². The number of hydrogen-bond acceptors (Lipinski definition) is 4. The third kappa shape index (κ3) is 4.46. The summed E-state index contributed by atoms with van der Waals surface area (Å²) in [5.41, 5.74) is 5.51. The van der Waals surface area contributed by atoms with Crippen molar-refractivity contribution in [1.82, 2.24) is 4.90 Å². The molecule has 0 aliphatic carbocycles. The molecule has 1 rings (SSSR count). The Morgan fingerprint density at radius 1 is 1.39 bits per heavy atom. The second-order valence-electron chi connectivity index (χ2n) is 6.35. The first-order valence-corrected chi connectivity index (χ1v) is 6.61. The van der Waals surface area contributed by atoms with E-state index in [-0.39, 0.29) is 11.0 Å². The normalized spacial score (nSPS) is 22.1. The van der Waals surface area contributed by atoms with Gasteiger partial charge in [0, 0.05) is 12.0 Å². The summed E-state index contributed by atoms with van der Waals surface area (Å²) < 4.78 is 5.72. The first-order chi connectivity index (χ1) is 8.27. The van der Waals surface area contributed by atoms with Crippen molar-refractivity contribution < 1.29 is 9.94 Å². The third-order valence-electron chi connectivity index (χ3n) is 3.63. The van der Waals surface area contributed by atoms with E-state index in [1.54, 1.807) is 0 Å². The van der Waals surface area contributed by atoms with E-state index in [0.29, 0.717) is 5.84 Å². The van der Waals surface area contributed by atoms with E-state index >= 15 is 0 Å². The van der Waals surface area contributed by atoms with E-state index in [1.165, 1.54) is 0 Å². The molecule has 0 saturated carbocycles. The Kier molecular flexibility index (Phi) is 4.99. The Balaban J connectivity index is 2.32. The van der Waals surface area contributed by atoms with Crippen LogP contribution in [0, 0.1) is 5.41 Å². The molecular weight excluding hydrogens is 230 g/mol. The summed E-state index contributed by atoms with van der Waals surface area (Å²) in [4.78, 5) is 2.37. The van der Waals surface area contributed by atoms with Crippen molar-refractivity contribution in [2.45, 2.75) is 46.1 Å². The molecule has 1 saturated heterocycles. The van der Waals surface area contributed by atoms with Crippen LogP contribution in [0.4, 0.5) is 0 Å². The molecule has 1 heterocycles. The predicted octanol–water partition coefficient (Wildman–Crippen LogP) is 1.65. The maximum Gasteiger partial charge on any atom is 0.145 e. The average molecular weight is 257 g/mol. The first-order valence-electron chi connectivity index (χ1n) is 6.61. The molecule has 0 atom stereocenters. The maximum absolute atomic E-state index is 8.78. The molecule has 1 aliphatic rings. The molecule has 1 aliphatic heterocycles. The Bertz CT molecular complexity index is 289. The van der Waals surface area contributed by atoms with Crippen molar-refractivity contribution in [3.63, 3.8) is 0 Å². The fraction of sp³-hybridized carbons (Fsp3) is 0.923. The quantitative estimate of drug-likeness (QED) is 0.348. The second-order valence-corrected chi connectivity index (χ2v) is 6.35. The number of nitrogens with two attached hydrogens (primary N) is 1. The van der Waals surface area contributed by atoms with E-state index < -0.39 is 0 Å². The van der Waals surface area contributed by atoms with Crippen LogP contribution in [0.25, 0.3) is 0 Å². The van der Waals surface area contributed by atoms with Crippen LogP contribution in [0.5, 0.6) is 0 Å². The van der Waals surface area contributed by atoms with E-state index in [9.17, 15) is 0 Å². The van der Waals surface area contributed by atoms with Gasteiger partial charge in [0.2, 0.25) is 0 Å². The molecule has 0 aromatic heterocycles. The Morgan fingerprint density at radius 3 is 2.39 bits per heavy atom. The summed E-state index contributed by atoms with van der Waals surface area (Å²) in [6, 6.07) is 0. The molecule has 1 fully saturated rings. The summed E-state index contributed by atoms with van der Waals surface area (Å²) in [6.45, 7) is 11.9. The summed E-state index contributed by atoms with van der Waals surface area (Å²) in [5.74, 6) is 0.355. The van der Waals surface area contributed by atoms with Crippen LogP contribution in [0.15, 0.2) is 5.16 Å². The van der Waals surface area contributed by atoms with E-state index in [0.717, 1.165) is 39.1 Å². The summed E-state index contributed by atoms with van der Waals surface area (Å²) in [5, 5.41) is 11.9. The highest BCUT2D eigenvalue weighted by Crippen LogP contribution is 2.30. The molecule has 5 heteroatoms. The lowest BCUT2D eigenvalue weighted by molar-refractivity contribution is -0.0171. The Labute approximate surface area is 110 Å². The van der Waals surface area contributed by atoms with Crippen LogP contribution in [0.1, 0.15) is 40.5 Å². The van der Waals surface area contributed by atoms with Gasteiger partial charge >= 0.3 is 0 Å². The topological polar surface area (TPSA) is 71.1 Å². The summed E-state index contributed by atoms with van der Waals surface area (Å²) in [6.07, 6.45) is 1.86. The molecule has 106 valence electrons. The van der Waals surface area contributed by atoms with Gasteiger partial charge < -0.3 is 20.6 Å². The molecule has 0 unspecified atom stereocenters. The van der Waals surface area contributed by atoms with E-state index in [2.05, 4.69) is 37.8 Å². The third-order valence-corrected chi connectivity index (χ3v) is 3.63. The van der Waals surface area contributed by atoms with Crippen molar-refractivity contribution in [3.05, 3.63) is 0 Å². The van der Waals surface area contributed by atoms with Gasteiger partial charge in [-0.1, -0.05) is 12.1 Å². The van der Waals surface area contributed by atoms with Gasteiger partial charge in [-0.15, -0.1) is 0 Å². The zero-order valence-electron chi connectivity index (χ0n) is 12.1. The number of nitrogens with zero attached hydrogens (tertiary/aromatic N) is 2. The minimum Gasteiger partial charge on any atom is -0.409 e. The van der Waals surface area contributed by atoms with Gasteiger partial charge in [0.15, 0.2) is 0 Å². The molecule has 0 aromatic carbocycles. The molecule has 0 aromatic rings. The number of piperidine rings is 1. The highest BCUT2D eigenvalue weighted by molar-refractivity contribution is 5.85.